The number of fused-ring (bicyclic) bond motifs is 3. The van der Waals surface area contributed by atoms with Crippen LogP contribution in [0.1, 0.15) is 5.56 Å². The second kappa shape index (κ2) is 13.3. The minimum absolute atomic E-state index is 0. The summed E-state index contributed by atoms with van der Waals surface area (Å²) >= 11 is 1.82. The van der Waals surface area contributed by atoms with Crippen molar-refractivity contribution in [1.82, 2.24) is 9.97 Å². The molecule has 0 bridgehead atoms. The molecule has 7 rings (SSSR count). The van der Waals surface area contributed by atoms with Gasteiger partial charge in [-0.3, -0.25) is 0 Å². The summed E-state index contributed by atoms with van der Waals surface area (Å²) in [6, 6.07) is 44.2. The molecule has 215 valence electrons. The first-order valence-electron chi connectivity index (χ1n) is 14.2. The normalized spacial score (nSPS) is 11.1. The van der Waals surface area contributed by atoms with Crippen LogP contribution in [0, 0.1) is 19.1 Å². The Morgan fingerprint density at radius 3 is 2.19 bits per heavy atom. The van der Waals surface area contributed by atoms with Gasteiger partial charge in [0, 0.05) is 37.2 Å². The molecule has 2 nitrogen and oxygen atoms in total. The molecule has 43 heavy (non-hydrogen) atoms. The summed E-state index contributed by atoms with van der Waals surface area (Å²) in [5.41, 5.74) is 7.94. The summed E-state index contributed by atoms with van der Waals surface area (Å²) in [6.07, 6.45) is 3.89. The van der Waals surface area contributed by atoms with Gasteiger partial charge in [0.25, 0.3) is 0 Å². The number of hydrogen-bond donors (Lipinski definition) is 0. The van der Waals surface area contributed by atoms with Crippen molar-refractivity contribution < 1.29 is 20.1 Å². The second-order valence-electron chi connectivity index (χ2n) is 11.4. The topological polar surface area (TPSA) is 25.8 Å². The average Bonchev–Trinajstić information content (AvgIpc) is 3.41. The Morgan fingerprint density at radius 2 is 1.49 bits per heavy atom. The molecule has 3 heterocycles. The molecule has 1 radical (unpaired) electrons. The molecular formula is C38H32IrN2SSi-2. The van der Waals surface area contributed by atoms with Gasteiger partial charge in [0.2, 0.25) is 0 Å². The molecule has 4 aromatic carbocycles. The van der Waals surface area contributed by atoms with Gasteiger partial charge in [-0.1, -0.05) is 108 Å². The average molecular weight is 769 g/mol. The third kappa shape index (κ3) is 6.61. The van der Waals surface area contributed by atoms with E-state index in [4.69, 9.17) is 0 Å². The molecule has 0 aliphatic rings. The molecule has 0 fully saturated rings. The molecule has 0 spiro atoms. The van der Waals surface area contributed by atoms with Crippen LogP contribution in [0.5, 0.6) is 0 Å². The first kappa shape index (κ1) is 30.7. The van der Waals surface area contributed by atoms with E-state index in [-0.39, 0.29) is 20.1 Å². The summed E-state index contributed by atoms with van der Waals surface area (Å²) in [4.78, 5) is 9.13. The van der Waals surface area contributed by atoms with Crippen molar-refractivity contribution in [3.63, 3.8) is 0 Å². The second-order valence-corrected chi connectivity index (χ2v) is 17.5. The Kier molecular flexibility index (Phi) is 9.48. The van der Waals surface area contributed by atoms with E-state index >= 15 is 0 Å². The van der Waals surface area contributed by atoms with Crippen LogP contribution in [0.15, 0.2) is 122 Å². The number of hydrogen-bond acceptors (Lipinski definition) is 3. The standard InChI is InChI=1S/C23H14NS.C15H18NSi.Ir/c1-2-8-16(9-3-1)17-13-14-18(20-11-6-7-15-24-20)23-22(17)19-10-4-5-12-21(19)25-23;1-12-10-14(13-8-6-5-7-9-13)16-11-15(12)17(2,3)4;/h1-13,15H;5-8,10-11H,1-4H3;/q2*-1;. The Balaban J connectivity index is 0.000000180. The molecule has 0 saturated heterocycles. The van der Waals surface area contributed by atoms with E-state index in [1.165, 1.54) is 42.0 Å². The van der Waals surface area contributed by atoms with Gasteiger partial charge in [-0.15, -0.1) is 53.6 Å². The van der Waals surface area contributed by atoms with Crippen LogP contribution in [-0.2, 0) is 20.1 Å². The Hall–Kier alpha value is -3.73. The quantitative estimate of drug-likeness (QED) is 0.132. The number of benzene rings is 4. The van der Waals surface area contributed by atoms with E-state index in [1.807, 2.05) is 47.9 Å². The fourth-order valence-corrected chi connectivity index (χ4v) is 8.30. The Morgan fingerprint density at radius 1 is 0.744 bits per heavy atom. The first-order valence-corrected chi connectivity index (χ1v) is 18.5. The maximum absolute atomic E-state index is 4.58. The minimum atomic E-state index is -1.27. The number of pyridine rings is 2. The van der Waals surface area contributed by atoms with Gasteiger partial charge in [0.05, 0.1) is 8.07 Å². The maximum Gasteiger partial charge on any atom is 0.0798 e. The van der Waals surface area contributed by atoms with Crippen LogP contribution < -0.4 is 5.19 Å². The number of aryl methyl sites for hydroxylation is 1. The predicted octanol–water partition coefficient (Wildman–Crippen LogP) is 9.98. The first-order chi connectivity index (χ1) is 20.4. The van der Waals surface area contributed by atoms with E-state index in [0.29, 0.717) is 0 Å². The molecule has 5 heteroatoms. The van der Waals surface area contributed by atoms with Crippen molar-refractivity contribution in [1.29, 1.82) is 0 Å². The zero-order valence-electron chi connectivity index (χ0n) is 24.7. The van der Waals surface area contributed by atoms with Crippen molar-refractivity contribution in [3.05, 3.63) is 139 Å². The van der Waals surface area contributed by atoms with E-state index < -0.39 is 8.07 Å². The molecule has 3 aromatic heterocycles. The van der Waals surface area contributed by atoms with E-state index in [9.17, 15) is 0 Å². The zero-order valence-corrected chi connectivity index (χ0v) is 28.9. The molecule has 0 aliphatic carbocycles. The maximum atomic E-state index is 4.58. The minimum Gasteiger partial charge on any atom is -0.305 e. The number of rotatable bonds is 4. The summed E-state index contributed by atoms with van der Waals surface area (Å²) in [6.45, 7) is 9.24. The van der Waals surface area contributed by atoms with Gasteiger partial charge in [-0.2, -0.15) is 11.3 Å². The summed E-state index contributed by atoms with van der Waals surface area (Å²) in [5, 5.41) is 4.04. The summed E-state index contributed by atoms with van der Waals surface area (Å²) in [7, 11) is -1.27. The predicted molar refractivity (Wildman–Crippen MR) is 183 cm³/mol. The Labute approximate surface area is 272 Å². The van der Waals surface area contributed by atoms with E-state index in [2.05, 4.69) is 134 Å². The van der Waals surface area contributed by atoms with Crippen molar-refractivity contribution in [2.45, 2.75) is 26.6 Å². The van der Waals surface area contributed by atoms with Crippen LogP contribution in [0.2, 0.25) is 19.6 Å². The largest absolute Gasteiger partial charge is 0.305 e. The zero-order chi connectivity index (χ0) is 29.1. The van der Waals surface area contributed by atoms with Crippen LogP contribution in [-0.4, -0.2) is 18.0 Å². The van der Waals surface area contributed by atoms with Crippen LogP contribution in [0.25, 0.3) is 53.8 Å². The third-order valence-corrected chi connectivity index (χ3v) is 10.7. The van der Waals surface area contributed by atoms with Gasteiger partial charge in [0.1, 0.15) is 0 Å². The Bertz CT molecular complexity index is 1970. The number of thiophene rings is 1. The fourth-order valence-electron chi connectivity index (χ4n) is 5.36. The van der Waals surface area contributed by atoms with Crippen molar-refractivity contribution >= 4 is 44.8 Å². The van der Waals surface area contributed by atoms with Crippen LogP contribution in [0.4, 0.5) is 0 Å². The molecule has 0 aliphatic heterocycles. The molecule has 0 N–H and O–H groups in total. The van der Waals surface area contributed by atoms with Gasteiger partial charge in [-0.05, 0) is 45.7 Å². The molecule has 7 aromatic rings. The number of aromatic nitrogens is 2. The third-order valence-electron chi connectivity index (χ3n) is 7.36. The monoisotopic (exact) mass is 769 g/mol. The number of nitrogens with zero attached hydrogens (tertiary/aromatic N) is 2. The van der Waals surface area contributed by atoms with Gasteiger partial charge in [0.15, 0.2) is 0 Å². The van der Waals surface area contributed by atoms with Crippen LogP contribution >= 0.6 is 11.3 Å². The molecular weight excluding hydrogens is 737 g/mol. The SMILES string of the molecule is Cc1cc(-c2[c-]cccc2)ncc1[Si](C)(C)C.[Ir].[c-]1cc(-c2ccccc2)c2c(sc3ccccc32)c1-c1ccccn1. The molecule has 0 saturated carbocycles. The summed E-state index contributed by atoms with van der Waals surface area (Å²) in [5.74, 6) is 0. The summed E-state index contributed by atoms with van der Waals surface area (Å²) < 4.78 is 2.55. The molecule has 0 amide bonds. The van der Waals surface area contributed by atoms with Gasteiger partial charge < -0.3 is 9.97 Å². The van der Waals surface area contributed by atoms with Crippen LogP contribution in [0.3, 0.4) is 0 Å². The van der Waals surface area contributed by atoms with Gasteiger partial charge in [-0.25, -0.2) is 0 Å². The fraction of sp³-hybridized carbons (Fsp3) is 0.105. The smallest absolute Gasteiger partial charge is 0.0798 e. The van der Waals surface area contributed by atoms with E-state index in [0.717, 1.165) is 22.5 Å². The van der Waals surface area contributed by atoms with Gasteiger partial charge >= 0.3 is 0 Å². The van der Waals surface area contributed by atoms with Crippen molar-refractivity contribution in [3.8, 4) is 33.6 Å². The van der Waals surface area contributed by atoms with E-state index in [1.54, 1.807) is 0 Å². The van der Waals surface area contributed by atoms with Crippen molar-refractivity contribution in [2.24, 2.45) is 0 Å². The van der Waals surface area contributed by atoms with Crippen molar-refractivity contribution in [2.75, 3.05) is 0 Å². The molecule has 0 atom stereocenters. The molecule has 0 unspecified atom stereocenters.